The fourth-order valence-corrected chi connectivity index (χ4v) is 2.86. The molecule has 0 atom stereocenters. The number of aromatic nitrogens is 2. The standard InChI is InChI=1S/C15H22N4O2S.ClH/c1-3-15(16,4-2)9-17-12(20)5-7-19-10-18-13-11(14(19)21)6-8-22-13;/h6,8,10H,3-5,7,9,16H2,1-2H3,(H,17,20);1H. The van der Waals surface area contributed by atoms with Crippen LogP contribution in [0.15, 0.2) is 22.6 Å². The Morgan fingerprint density at radius 2 is 2.13 bits per heavy atom. The van der Waals surface area contributed by atoms with Gasteiger partial charge in [0.1, 0.15) is 4.83 Å². The van der Waals surface area contributed by atoms with E-state index in [1.54, 1.807) is 6.07 Å². The van der Waals surface area contributed by atoms with Crippen LogP contribution in [0, 0.1) is 0 Å². The van der Waals surface area contributed by atoms with Crippen LogP contribution >= 0.6 is 23.7 Å². The second-order valence-corrected chi connectivity index (χ2v) is 6.37. The first-order valence-electron chi connectivity index (χ1n) is 7.47. The van der Waals surface area contributed by atoms with Crippen LogP contribution in [-0.2, 0) is 11.3 Å². The van der Waals surface area contributed by atoms with Gasteiger partial charge < -0.3 is 11.1 Å². The fraction of sp³-hybridized carbons (Fsp3) is 0.533. The van der Waals surface area contributed by atoms with Gasteiger partial charge in [-0.15, -0.1) is 23.7 Å². The van der Waals surface area contributed by atoms with Crippen LogP contribution in [-0.4, -0.2) is 27.5 Å². The maximum Gasteiger partial charge on any atom is 0.262 e. The Morgan fingerprint density at radius 1 is 1.43 bits per heavy atom. The first-order valence-corrected chi connectivity index (χ1v) is 8.35. The second-order valence-electron chi connectivity index (χ2n) is 5.48. The number of fused-ring (bicyclic) bond motifs is 1. The minimum atomic E-state index is -0.357. The quantitative estimate of drug-likeness (QED) is 0.791. The summed E-state index contributed by atoms with van der Waals surface area (Å²) in [4.78, 5) is 29.1. The third-order valence-corrected chi connectivity index (χ3v) is 4.90. The van der Waals surface area contributed by atoms with E-state index in [2.05, 4.69) is 10.3 Å². The summed E-state index contributed by atoms with van der Waals surface area (Å²) in [7, 11) is 0. The second kappa shape index (κ2) is 8.42. The van der Waals surface area contributed by atoms with E-state index in [0.717, 1.165) is 17.7 Å². The van der Waals surface area contributed by atoms with E-state index in [-0.39, 0.29) is 35.8 Å². The van der Waals surface area contributed by atoms with Gasteiger partial charge in [0.25, 0.3) is 5.56 Å². The average Bonchev–Trinajstić information content (AvgIpc) is 3.01. The number of hydrogen-bond donors (Lipinski definition) is 2. The van der Waals surface area contributed by atoms with Gasteiger partial charge in [0.05, 0.1) is 11.7 Å². The molecule has 128 valence electrons. The highest BCUT2D eigenvalue weighted by atomic mass is 35.5. The molecule has 0 radical (unpaired) electrons. The Balaban J connectivity index is 0.00000264. The lowest BCUT2D eigenvalue weighted by atomic mass is 9.94. The molecular formula is C15H23ClN4O2S. The molecule has 0 fully saturated rings. The molecule has 6 nitrogen and oxygen atoms in total. The van der Waals surface area contributed by atoms with Crippen molar-refractivity contribution in [3.8, 4) is 0 Å². The number of carbonyl (C=O) groups is 1. The van der Waals surface area contributed by atoms with Gasteiger partial charge in [0.2, 0.25) is 5.91 Å². The lowest BCUT2D eigenvalue weighted by molar-refractivity contribution is -0.121. The number of nitrogens with zero attached hydrogens (tertiary/aromatic N) is 2. The number of rotatable bonds is 7. The first-order chi connectivity index (χ1) is 10.5. The predicted molar refractivity (Wildman–Crippen MR) is 96.3 cm³/mol. The van der Waals surface area contributed by atoms with Crippen molar-refractivity contribution in [2.75, 3.05) is 6.54 Å². The highest BCUT2D eigenvalue weighted by molar-refractivity contribution is 7.16. The number of nitrogens with one attached hydrogen (secondary N) is 1. The van der Waals surface area contributed by atoms with E-state index in [1.165, 1.54) is 22.2 Å². The minimum Gasteiger partial charge on any atom is -0.354 e. The molecule has 0 aliphatic heterocycles. The monoisotopic (exact) mass is 358 g/mol. The molecule has 2 aromatic heterocycles. The maximum absolute atomic E-state index is 12.2. The van der Waals surface area contributed by atoms with E-state index < -0.39 is 0 Å². The summed E-state index contributed by atoms with van der Waals surface area (Å²) in [5.41, 5.74) is 5.69. The summed E-state index contributed by atoms with van der Waals surface area (Å²) >= 11 is 1.43. The van der Waals surface area contributed by atoms with Crippen LogP contribution < -0.4 is 16.6 Å². The van der Waals surface area contributed by atoms with E-state index in [1.807, 2.05) is 19.2 Å². The molecule has 8 heteroatoms. The number of amides is 1. The third kappa shape index (κ3) is 4.76. The molecule has 1 amide bonds. The van der Waals surface area contributed by atoms with Gasteiger partial charge in [0, 0.05) is 25.0 Å². The SMILES string of the molecule is CCC(N)(CC)CNC(=O)CCn1cnc2sccc2c1=O.Cl. The van der Waals surface area contributed by atoms with Crippen LogP contribution in [0.5, 0.6) is 0 Å². The van der Waals surface area contributed by atoms with Crippen LogP contribution in [0.3, 0.4) is 0 Å². The molecule has 0 aliphatic rings. The fourth-order valence-electron chi connectivity index (χ4n) is 2.14. The van der Waals surface area contributed by atoms with Gasteiger partial charge in [-0.3, -0.25) is 14.2 Å². The van der Waals surface area contributed by atoms with Gasteiger partial charge in [-0.1, -0.05) is 13.8 Å². The summed E-state index contributed by atoms with van der Waals surface area (Å²) in [5.74, 6) is -0.103. The van der Waals surface area contributed by atoms with Crippen molar-refractivity contribution >= 4 is 39.9 Å². The normalized spacial score (nSPS) is 11.3. The Kier molecular flexibility index (Phi) is 7.18. The minimum absolute atomic E-state index is 0. The molecule has 2 aromatic rings. The van der Waals surface area contributed by atoms with Crippen molar-refractivity contribution < 1.29 is 4.79 Å². The van der Waals surface area contributed by atoms with Gasteiger partial charge in [-0.05, 0) is 24.3 Å². The predicted octanol–water partition coefficient (Wildman–Crippen LogP) is 1.90. The molecule has 3 N–H and O–H groups in total. The molecule has 2 rings (SSSR count). The summed E-state index contributed by atoms with van der Waals surface area (Å²) in [6, 6.07) is 1.76. The average molecular weight is 359 g/mol. The molecule has 0 saturated heterocycles. The van der Waals surface area contributed by atoms with Crippen molar-refractivity contribution in [1.29, 1.82) is 0 Å². The highest BCUT2D eigenvalue weighted by Gasteiger charge is 2.20. The third-order valence-electron chi connectivity index (χ3n) is 4.08. The first kappa shape index (κ1) is 19.6. The molecule has 0 saturated carbocycles. The number of thiophene rings is 1. The largest absolute Gasteiger partial charge is 0.354 e. The maximum atomic E-state index is 12.2. The zero-order chi connectivity index (χ0) is 16.2. The van der Waals surface area contributed by atoms with Crippen molar-refractivity contribution in [2.24, 2.45) is 5.73 Å². The number of halogens is 1. The van der Waals surface area contributed by atoms with Crippen molar-refractivity contribution in [3.63, 3.8) is 0 Å². The number of hydrogen-bond acceptors (Lipinski definition) is 5. The molecule has 2 heterocycles. The van der Waals surface area contributed by atoms with Crippen molar-refractivity contribution in [3.05, 3.63) is 28.1 Å². The van der Waals surface area contributed by atoms with Gasteiger partial charge >= 0.3 is 0 Å². The zero-order valence-electron chi connectivity index (χ0n) is 13.4. The zero-order valence-corrected chi connectivity index (χ0v) is 15.0. The lowest BCUT2D eigenvalue weighted by Crippen LogP contribution is -2.49. The Labute approximate surface area is 145 Å². The summed E-state index contributed by atoms with van der Waals surface area (Å²) in [6.45, 7) is 4.79. The van der Waals surface area contributed by atoms with E-state index in [4.69, 9.17) is 5.73 Å². The molecular weight excluding hydrogens is 336 g/mol. The van der Waals surface area contributed by atoms with Gasteiger partial charge in [-0.2, -0.15) is 0 Å². The summed E-state index contributed by atoms with van der Waals surface area (Å²) < 4.78 is 1.48. The molecule has 23 heavy (non-hydrogen) atoms. The molecule has 0 spiro atoms. The Hall–Kier alpha value is -1.44. The van der Waals surface area contributed by atoms with Crippen LogP contribution in [0.4, 0.5) is 0 Å². The smallest absolute Gasteiger partial charge is 0.262 e. The Morgan fingerprint density at radius 3 is 2.78 bits per heavy atom. The number of carbonyl (C=O) groups excluding carboxylic acids is 1. The van der Waals surface area contributed by atoms with Crippen LogP contribution in [0.25, 0.3) is 10.2 Å². The number of aryl methyl sites for hydroxylation is 1. The van der Waals surface area contributed by atoms with E-state index >= 15 is 0 Å². The molecule has 0 aliphatic carbocycles. The Bertz CT molecular complexity index is 709. The van der Waals surface area contributed by atoms with Crippen molar-refractivity contribution in [1.82, 2.24) is 14.9 Å². The highest BCUT2D eigenvalue weighted by Crippen LogP contribution is 2.13. The molecule has 0 aromatic carbocycles. The summed E-state index contributed by atoms with van der Waals surface area (Å²) in [6.07, 6.45) is 3.35. The molecule has 0 bridgehead atoms. The van der Waals surface area contributed by atoms with Crippen molar-refractivity contribution in [2.45, 2.75) is 45.2 Å². The molecule has 0 unspecified atom stereocenters. The lowest BCUT2D eigenvalue weighted by Gasteiger charge is -2.26. The van der Waals surface area contributed by atoms with Gasteiger partial charge in [0.15, 0.2) is 0 Å². The van der Waals surface area contributed by atoms with E-state index in [0.29, 0.717) is 18.5 Å². The topological polar surface area (TPSA) is 90.0 Å². The van der Waals surface area contributed by atoms with E-state index in [9.17, 15) is 9.59 Å². The summed E-state index contributed by atoms with van der Waals surface area (Å²) in [5, 5.41) is 5.29. The van der Waals surface area contributed by atoms with Crippen LogP contribution in [0.1, 0.15) is 33.1 Å². The number of nitrogens with two attached hydrogens (primary N) is 1. The van der Waals surface area contributed by atoms with Gasteiger partial charge in [-0.25, -0.2) is 4.98 Å². The van der Waals surface area contributed by atoms with Crippen LogP contribution in [0.2, 0.25) is 0 Å².